The number of likely N-dealkylation sites (tertiary alicyclic amines) is 1. The van der Waals surface area contributed by atoms with Gasteiger partial charge in [-0.2, -0.15) is 0 Å². The maximum Gasteiger partial charge on any atom is 0.410 e. The number of benzene rings is 1. The summed E-state index contributed by atoms with van der Waals surface area (Å²) >= 11 is 0. The van der Waals surface area contributed by atoms with Crippen molar-refractivity contribution in [2.45, 2.75) is 19.7 Å². The van der Waals surface area contributed by atoms with Gasteiger partial charge in [-0.1, -0.05) is 37.3 Å². The van der Waals surface area contributed by atoms with Crippen LogP contribution in [0.5, 0.6) is 0 Å². The highest BCUT2D eigenvalue weighted by molar-refractivity contribution is 5.68. The molecule has 1 amide bonds. The van der Waals surface area contributed by atoms with E-state index in [1.807, 2.05) is 30.3 Å². The van der Waals surface area contributed by atoms with E-state index in [2.05, 4.69) is 0 Å². The third-order valence-corrected chi connectivity index (χ3v) is 2.98. The molecule has 2 rings (SSSR count). The summed E-state index contributed by atoms with van der Waals surface area (Å²) in [5, 5.41) is 0. The lowest BCUT2D eigenvalue weighted by atomic mass is 10.1. The average Bonchev–Trinajstić information content (AvgIpc) is 2.68. The molecule has 0 N–H and O–H groups in total. The van der Waals surface area contributed by atoms with Crippen LogP contribution in [0.15, 0.2) is 30.3 Å². The van der Waals surface area contributed by atoms with Gasteiger partial charge in [0.05, 0.1) is 6.54 Å². The van der Waals surface area contributed by atoms with Gasteiger partial charge in [-0.25, -0.2) is 9.18 Å². The standard InChI is InChI=1S/C13H16FNO2/c1-10-7-15(8-12(10)14)13(16)17-9-11-5-3-2-4-6-11/h2-6,10,12H,7-9H2,1H3/t10-,12+/m1/s1. The summed E-state index contributed by atoms with van der Waals surface area (Å²) in [6.07, 6.45) is -1.36. The molecular formula is C13H16FNO2. The third-order valence-electron chi connectivity index (χ3n) is 2.98. The highest BCUT2D eigenvalue weighted by Gasteiger charge is 2.33. The SMILES string of the molecule is C[C@@H]1CN(C(=O)OCc2ccccc2)C[C@@H]1F. The summed E-state index contributed by atoms with van der Waals surface area (Å²) in [6.45, 7) is 2.63. The van der Waals surface area contributed by atoms with Crippen LogP contribution in [0.4, 0.5) is 9.18 Å². The summed E-state index contributed by atoms with van der Waals surface area (Å²) in [5.74, 6) is -0.0979. The minimum absolute atomic E-state index is 0.0979. The lowest BCUT2D eigenvalue weighted by Gasteiger charge is -2.15. The van der Waals surface area contributed by atoms with Gasteiger partial charge in [0.2, 0.25) is 0 Å². The van der Waals surface area contributed by atoms with Gasteiger partial charge in [0.25, 0.3) is 0 Å². The first-order valence-corrected chi connectivity index (χ1v) is 5.76. The number of halogens is 1. The van der Waals surface area contributed by atoms with E-state index in [1.165, 1.54) is 4.90 Å². The molecule has 92 valence electrons. The molecule has 1 aromatic rings. The Balaban J connectivity index is 1.82. The molecule has 0 radical (unpaired) electrons. The largest absolute Gasteiger partial charge is 0.445 e. The number of rotatable bonds is 2. The highest BCUT2D eigenvalue weighted by atomic mass is 19.1. The maximum atomic E-state index is 13.2. The van der Waals surface area contributed by atoms with Crippen LogP contribution in [-0.2, 0) is 11.3 Å². The first-order chi connectivity index (χ1) is 8.16. The Labute approximate surface area is 100 Å². The van der Waals surface area contributed by atoms with Gasteiger partial charge in [-0.05, 0) is 5.56 Å². The van der Waals surface area contributed by atoms with Crippen molar-refractivity contribution < 1.29 is 13.9 Å². The summed E-state index contributed by atoms with van der Waals surface area (Å²) in [7, 11) is 0. The molecule has 0 aliphatic carbocycles. The Morgan fingerprint density at radius 2 is 2.12 bits per heavy atom. The molecule has 1 aliphatic rings. The monoisotopic (exact) mass is 237 g/mol. The summed E-state index contributed by atoms with van der Waals surface area (Å²) in [5.41, 5.74) is 0.935. The Morgan fingerprint density at radius 3 is 2.71 bits per heavy atom. The zero-order valence-corrected chi connectivity index (χ0v) is 9.80. The van der Waals surface area contributed by atoms with Gasteiger partial charge in [0.1, 0.15) is 12.8 Å². The number of alkyl halides is 1. The fourth-order valence-corrected chi connectivity index (χ4v) is 1.89. The van der Waals surface area contributed by atoms with Crippen molar-refractivity contribution in [1.82, 2.24) is 4.90 Å². The fraction of sp³-hybridized carbons (Fsp3) is 0.462. The van der Waals surface area contributed by atoms with Gasteiger partial charge in [0, 0.05) is 12.5 Å². The van der Waals surface area contributed by atoms with Crippen LogP contribution in [0.3, 0.4) is 0 Å². The number of amides is 1. The van der Waals surface area contributed by atoms with Crippen LogP contribution in [0, 0.1) is 5.92 Å². The molecule has 0 bridgehead atoms. The summed E-state index contributed by atoms with van der Waals surface area (Å²) in [6, 6.07) is 9.45. The molecule has 0 spiro atoms. The number of nitrogens with zero attached hydrogens (tertiary/aromatic N) is 1. The summed E-state index contributed by atoms with van der Waals surface area (Å²) in [4.78, 5) is 13.1. The molecule has 1 aliphatic heterocycles. The number of hydrogen-bond donors (Lipinski definition) is 0. The van der Waals surface area contributed by atoms with Crippen molar-refractivity contribution in [2.75, 3.05) is 13.1 Å². The van der Waals surface area contributed by atoms with Crippen molar-refractivity contribution in [3.05, 3.63) is 35.9 Å². The second-order valence-corrected chi connectivity index (χ2v) is 4.44. The lowest BCUT2D eigenvalue weighted by molar-refractivity contribution is 0.102. The molecular weight excluding hydrogens is 221 g/mol. The van der Waals surface area contributed by atoms with E-state index in [9.17, 15) is 9.18 Å². The first kappa shape index (κ1) is 11.9. The van der Waals surface area contributed by atoms with Crippen LogP contribution in [0.2, 0.25) is 0 Å². The van der Waals surface area contributed by atoms with Crippen LogP contribution >= 0.6 is 0 Å². The Morgan fingerprint density at radius 1 is 1.41 bits per heavy atom. The Kier molecular flexibility index (Phi) is 3.61. The Bertz CT molecular complexity index is 372. The maximum absolute atomic E-state index is 13.2. The molecule has 17 heavy (non-hydrogen) atoms. The lowest BCUT2D eigenvalue weighted by Crippen LogP contribution is -2.29. The Hall–Kier alpha value is -1.58. The van der Waals surface area contributed by atoms with E-state index in [-0.39, 0.29) is 19.1 Å². The van der Waals surface area contributed by atoms with E-state index < -0.39 is 12.3 Å². The molecule has 0 saturated carbocycles. The van der Waals surface area contributed by atoms with E-state index in [0.29, 0.717) is 6.54 Å². The first-order valence-electron chi connectivity index (χ1n) is 5.76. The zero-order valence-electron chi connectivity index (χ0n) is 9.80. The van der Waals surface area contributed by atoms with Crippen LogP contribution in [0.25, 0.3) is 0 Å². The molecule has 0 aromatic heterocycles. The van der Waals surface area contributed by atoms with Gasteiger partial charge in [-0.15, -0.1) is 0 Å². The highest BCUT2D eigenvalue weighted by Crippen LogP contribution is 2.20. The van der Waals surface area contributed by atoms with E-state index in [1.54, 1.807) is 6.92 Å². The van der Waals surface area contributed by atoms with Crippen molar-refractivity contribution >= 4 is 6.09 Å². The van der Waals surface area contributed by atoms with Crippen molar-refractivity contribution in [2.24, 2.45) is 5.92 Å². The minimum Gasteiger partial charge on any atom is -0.445 e. The topological polar surface area (TPSA) is 29.5 Å². The summed E-state index contributed by atoms with van der Waals surface area (Å²) < 4.78 is 18.4. The molecule has 2 atom stereocenters. The second kappa shape index (κ2) is 5.17. The van der Waals surface area contributed by atoms with Crippen molar-refractivity contribution in [3.8, 4) is 0 Å². The predicted molar refractivity (Wildman–Crippen MR) is 62.3 cm³/mol. The molecule has 4 heteroatoms. The van der Waals surface area contributed by atoms with Crippen molar-refractivity contribution in [1.29, 1.82) is 0 Å². The zero-order chi connectivity index (χ0) is 12.3. The van der Waals surface area contributed by atoms with E-state index in [4.69, 9.17) is 4.74 Å². The van der Waals surface area contributed by atoms with Crippen LogP contribution in [-0.4, -0.2) is 30.3 Å². The van der Waals surface area contributed by atoms with Crippen LogP contribution < -0.4 is 0 Å². The number of carbonyl (C=O) groups excluding carboxylic acids is 1. The second-order valence-electron chi connectivity index (χ2n) is 4.44. The van der Waals surface area contributed by atoms with Gasteiger partial charge in [-0.3, -0.25) is 0 Å². The van der Waals surface area contributed by atoms with Gasteiger partial charge >= 0.3 is 6.09 Å². The number of ether oxygens (including phenoxy) is 1. The molecule has 3 nitrogen and oxygen atoms in total. The third kappa shape index (κ3) is 2.96. The average molecular weight is 237 g/mol. The van der Waals surface area contributed by atoms with Gasteiger partial charge < -0.3 is 9.64 Å². The smallest absolute Gasteiger partial charge is 0.410 e. The van der Waals surface area contributed by atoms with Crippen LogP contribution in [0.1, 0.15) is 12.5 Å². The predicted octanol–water partition coefficient (Wildman–Crippen LogP) is 2.61. The normalized spacial score (nSPS) is 23.8. The molecule has 1 heterocycles. The van der Waals surface area contributed by atoms with E-state index >= 15 is 0 Å². The molecule has 1 saturated heterocycles. The molecule has 1 aromatic carbocycles. The van der Waals surface area contributed by atoms with Gasteiger partial charge in [0.15, 0.2) is 0 Å². The quantitative estimate of drug-likeness (QED) is 0.791. The van der Waals surface area contributed by atoms with E-state index in [0.717, 1.165) is 5.56 Å². The molecule has 1 fully saturated rings. The number of hydrogen-bond acceptors (Lipinski definition) is 2. The fourth-order valence-electron chi connectivity index (χ4n) is 1.89. The van der Waals surface area contributed by atoms with Crippen molar-refractivity contribution in [3.63, 3.8) is 0 Å². The molecule has 0 unspecified atom stereocenters. The number of carbonyl (C=O) groups is 1. The minimum atomic E-state index is -0.931.